The number of aryl methyl sites for hydroxylation is 1. The lowest BCUT2D eigenvalue weighted by Gasteiger charge is -2.48. The molecule has 2 aromatic carbocycles. The summed E-state index contributed by atoms with van der Waals surface area (Å²) in [6.45, 7) is 12.6. The molecule has 134 valence electrons. The van der Waals surface area contributed by atoms with Crippen LogP contribution in [0.15, 0.2) is 54.6 Å². The van der Waals surface area contributed by atoms with Crippen molar-refractivity contribution in [1.29, 1.82) is 0 Å². The molecular formula is C23H32N2. The first-order valence-electron chi connectivity index (χ1n) is 9.42. The van der Waals surface area contributed by atoms with Gasteiger partial charge in [-0.25, -0.2) is 0 Å². The van der Waals surface area contributed by atoms with E-state index >= 15 is 0 Å². The predicted molar refractivity (Wildman–Crippen MR) is 107 cm³/mol. The van der Waals surface area contributed by atoms with Crippen LogP contribution in [0.5, 0.6) is 0 Å². The summed E-state index contributed by atoms with van der Waals surface area (Å²) in [5.41, 5.74) is 4.39. The summed E-state index contributed by atoms with van der Waals surface area (Å²) < 4.78 is 0. The molecule has 1 heterocycles. The van der Waals surface area contributed by atoms with Gasteiger partial charge in [-0.1, -0.05) is 80.9 Å². The standard InChI is InChI=1S/C23H32N2/c1-18-11-13-20(14-12-18)22(19-9-7-6-8-10-19)25-16-15-24(5)21(17-25)23(2,3)4/h6-14,21-22H,15-17H2,1-5H3. The Balaban J connectivity index is 1.96. The lowest BCUT2D eigenvalue weighted by atomic mass is 9.83. The number of piperazine rings is 1. The van der Waals surface area contributed by atoms with Crippen molar-refractivity contribution < 1.29 is 0 Å². The highest BCUT2D eigenvalue weighted by Crippen LogP contribution is 2.34. The fourth-order valence-electron chi connectivity index (χ4n) is 4.06. The largest absolute Gasteiger partial charge is 0.300 e. The first-order chi connectivity index (χ1) is 11.9. The molecule has 1 fully saturated rings. The minimum atomic E-state index is 0.280. The Morgan fingerprint density at radius 1 is 0.880 bits per heavy atom. The van der Waals surface area contributed by atoms with Gasteiger partial charge in [-0.05, 0) is 30.5 Å². The van der Waals surface area contributed by atoms with Crippen LogP contribution in [0.3, 0.4) is 0 Å². The van der Waals surface area contributed by atoms with Gasteiger partial charge in [0.1, 0.15) is 0 Å². The third-order valence-corrected chi connectivity index (χ3v) is 5.55. The summed E-state index contributed by atoms with van der Waals surface area (Å²) in [6, 6.07) is 21.0. The maximum Gasteiger partial charge on any atom is 0.0602 e. The third kappa shape index (κ3) is 4.13. The van der Waals surface area contributed by atoms with E-state index in [1.54, 1.807) is 0 Å². The van der Waals surface area contributed by atoms with Crippen molar-refractivity contribution in [3.63, 3.8) is 0 Å². The molecule has 0 radical (unpaired) electrons. The Kier molecular flexibility index (Phi) is 5.31. The number of nitrogens with zero attached hydrogens (tertiary/aromatic N) is 2. The summed E-state index contributed by atoms with van der Waals surface area (Å²) in [6.07, 6.45) is 0. The van der Waals surface area contributed by atoms with Crippen LogP contribution in [0.25, 0.3) is 0 Å². The SMILES string of the molecule is Cc1ccc(C(c2ccccc2)N2CCN(C)C(C(C)(C)C)C2)cc1. The van der Waals surface area contributed by atoms with Crippen LogP contribution >= 0.6 is 0 Å². The van der Waals surface area contributed by atoms with Crippen LogP contribution < -0.4 is 0 Å². The molecule has 0 saturated carbocycles. The maximum absolute atomic E-state index is 2.68. The Morgan fingerprint density at radius 3 is 2.08 bits per heavy atom. The molecule has 0 aromatic heterocycles. The van der Waals surface area contributed by atoms with Crippen molar-refractivity contribution in [1.82, 2.24) is 9.80 Å². The highest BCUT2D eigenvalue weighted by atomic mass is 15.3. The molecule has 2 nitrogen and oxygen atoms in total. The van der Waals surface area contributed by atoms with E-state index in [1.807, 2.05) is 0 Å². The zero-order valence-electron chi connectivity index (χ0n) is 16.4. The van der Waals surface area contributed by atoms with Crippen molar-refractivity contribution in [2.75, 3.05) is 26.7 Å². The lowest BCUT2D eigenvalue weighted by Crippen LogP contribution is -2.57. The van der Waals surface area contributed by atoms with Crippen LogP contribution in [0, 0.1) is 12.3 Å². The van der Waals surface area contributed by atoms with E-state index in [1.165, 1.54) is 16.7 Å². The van der Waals surface area contributed by atoms with Crippen LogP contribution in [-0.4, -0.2) is 42.5 Å². The first-order valence-corrected chi connectivity index (χ1v) is 9.42. The average molecular weight is 337 g/mol. The summed E-state index contributed by atoms with van der Waals surface area (Å²) >= 11 is 0. The minimum absolute atomic E-state index is 0.280. The molecule has 0 bridgehead atoms. The van der Waals surface area contributed by atoms with Crippen molar-refractivity contribution in [2.45, 2.75) is 39.8 Å². The molecule has 2 aromatic rings. The molecule has 2 heteroatoms. The maximum atomic E-state index is 2.68. The summed E-state index contributed by atoms with van der Waals surface area (Å²) in [5, 5.41) is 0. The second-order valence-corrected chi connectivity index (χ2v) is 8.58. The molecule has 0 N–H and O–H groups in total. The first kappa shape index (κ1) is 18.2. The highest BCUT2D eigenvalue weighted by Gasteiger charge is 2.36. The van der Waals surface area contributed by atoms with Gasteiger partial charge in [0.25, 0.3) is 0 Å². The average Bonchev–Trinajstić information content (AvgIpc) is 2.58. The summed E-state index contributed by atoms with van der Waals surface area (Å²) in [5.74, 6) is 0. The van der Waals surface area contributed by atoms with E-state index in [2.05, 4.69) is 99.1 Å². The normalized spacial score (nSPS) is 21.2. The number of hydrogen-bond donors (Lipinski definition) is 0. The number of likely N-dealkylation sites (N-methyl/N-ethyl adjacent to an activating group) is 1. The molecule has 1 aliphatic heterocycles. The molecule has 2 atom stereocenters. The molecule has 0 amide bonds. The van der Waals surface area contributed by atoms with Crippen LogP contribution in [0.1, 0.15) is 43.5 Å². The second kappa shape index (κ2) is 7.31. The smallest absolute Gasteiger partial charge is 0.0602 e. The number of hydrogen-bond acceptors (Lipinski definition) is 2. The monoisotopic (exact) mass is 336 g/mol. The number of benzene rings is 2. The van der Waals surface area contributed by atoms with Gasteiger partial charge in [0.05, 0.1) is 6.04 Å². The summed E-state index contributed by atoms with van der Waals surface area (Å²) in [7, 11) is 2.27. The second-order valence-electron chi connectivity index (χ2n) is 8.58. The van der Waals surface area contributed by atoms with Gasteiger partial charge in [0, 0.05) is 25.7 Å². The van der Waals surface area contributed by atoms with Crippen LogP contribution in [0.2, 0.25) is 0 Å². The summed E-state index contributed by atoms with van der Waals surface area (Å²) in [4.78, 5) is 5.21. The zero-order valence-corrected chi connectivity index (χ0v) is 16.4. The minimum Gasteiger partial charge on any atom is -0.300 e. The molecule has 3 rings (SSSR count). The Morgan fingerprint density at radius 2 is 1.48 bits per heavy atom. The van der Waals surface area contributed by atoms with Crippen molar-refractivity contribution >= 4 is 0 Å². The van der Waals surface area contributed by atoms with E-state index < -0.39 is 0 Å². The van der Waals surface area contributed by atoms with Gasteiger partial charge in [-0.15, -0.1) is 0 Å². The molecule has 25 heavy (non-hydrogen) atoms. The van der Waals surface area contributed by atoms with E-state index in [0.717, 1.165) is 19.6 Å². The van der Waals surface area contributed by atoms with Gasteiger partial charge < -0.3 is 4.90 Å². The molecule has 0 aliphatic carbocycles. The Bertz CT molecular complexity index is 669. The zero-order chi connectivity index (χ0) is 18.0. The van der Waals surface area contributed by atoms with Crippen LogP contribution in [0.4, 0.5) is 0 Å². The van der Waals surface area contributed by atoms with E-state index in [4.69, 9.17) is 0 Å². The van der Waals surface area contributed by atoms with Gasteiger partial charge in [-0.3, -0.25) is 4.90 Å². The van der Waals surface area contributed by atoms with E-state index in [9.17, 15) is 0 Å². The predicted octanol–water partition coefficient (Wildman–Crippen LogP) is 4.75. The molecule has 2 unspecified atom stereocenters. The fourth-order valence-corrected chi connectivity index (χ4v) is 4.06. The van der Waals surface area contributed by atoms with Gasteiger partial charge in [0.15, 0.2) is 0 Å². The number of rotatable bonds is 3. The highest BCUT2D eigenvalue weighted by molar-refractivity contribution is 5.33. The Labute approximate surface area is 153 Å². The lowest BCUT2D eigenvalue weighted by molar-refractivity contribution is 0.0205. The molecular weight excluding hydrogens is 304 g/mol. The fraction of sp³-hybridized carbons (Fsp3) is 0.478. The molecule has 1 saturated heterocycles. The van der Waals surface area contributed by atoms with Gasteiger partial charge in [0.2, 0.25) is 0 Å². The topological polar surface area (TPSA) is 6.48 Å². The van der Waals surface area contributed by atoms with Crippen molar-refractivity contribution in [3.8, 4) is 0 Å². The molecule has 1 aliphatic rings. The van der Waals surface area contributed by atoms with Gasteiger partial charge in [-0.2, -0.15) is 0 Å². The van der Waals surface area contributed by atoms with Crippen molar-refractivity contribution in [2.24, 2.45) is 5.41 Å². The van der Waals surface area contributed by atoms with Gasteiger partial charge >= 0.3 is 0 Å². The van der Waals surface area contributed by atoms with Crippen molar-refractivity contribution in [3.05, 3.63) is 71.3 Å². The molecule has 0 spiro atoms. The van der Waals surface area contributed by atoms with E-state index in [-0.39, 0.29) is 5.41 Å². The van der Waals surface area contributed by atoms with Crippen LogP contribution in [-0.2, 0) is 0 Å². The Hall–Kier alpha value is -1.64. The quantitative estimate of drug-likeness (QED) is 0.798. The van der Waals surface area contributed by atoms with E-state index in [0.29, 0.717) is 12.1 Å². The third-order valence-electron chi connectivity index (χ3n) is 5.55.